The van der Waals surface area contributed by atoms with Crippen LogP contribution in [0.15, 0.2) is 35.3 Å². The first kappa shape index (κ1) is 27.8. The highest BCUT2D eigenvalue weighted by atomic mass is 35.5. The number of nitrogens with zero attached hydrogens (tertiary/aromatic N) is 3. The van der Waals surface area contributed by atoms with E-state index >= 15 is 4.39 Å². The van der Waals surface area contributed by atoms with Crippen molar-refractivity contribution in [3.05, 3.63) is 72.7 Å². The van der Waals surface area contributed by atoms with Gasteiger partial charge in [-0.05, 0) is 36.6 Å². The molecule has 8 nitrogen and oxygen atoms in total. The van der Waals surface area contributed by atoms with E-state index in [4.69, 9.17) is 44.3 Å². The Morgan fingerprint density at radius 1 is 1.05 bits per heavy atom. The van der Waals surface area contributed by atoms with Gasteiger partial charge >= 0.3 is 0 Å². The Morgan fingerprint density at radius 3 is 2.45 bits per heavy atom. The summed E-state index contributed by atoms with van der Waals surface area (Å²) >= 11 is 19.1. The second-order valence-corrected chi connectivity index (χ2v) is 11.5. The quantitative estimate of drug-likeness (QED) is 0.413. The third kappa shape index (κ3) is 5.55. The number of amides is 1. The molecule has 1 aliphatic carbocycles. The highest BCUT2D eigenvalue weighted by Crippen LogP contribution is 2.42. The fraction of sp³-hybridized carbons (Fsp3) is 0.429. The van der Waals surface area contributed by atoms with E-state index in [-0.39, 0.29) is 40.5 Å². The number of carbonyl (C=O) groups is 1. The van der Waals surface area contributed by atoms with Gasteiger partial charge in [-0.1, -0.05) is 40.9 Å². The number of rotatable bonds is 7. The molecule has 3 aliphatic rings. The van der Waals surface area contributed by atoms with Crippen LogP contribution < -0.4 is 15.6 Å². The smallest absolute Gasteiger partial charge is 0.257 e. The van der Waals surface area contributed by atoms with Gasteiger partial charge in [0.1, 0.15) is 11.4 Å². The maximum absolute atomic E-state index is 15.6. The Hall–Kier alpha value is -2.40. The molecule has 1 saturated carbocycles. The molecule has 2 aliphatic heterocycles. The Morgan fingerprint density at radius 2 is 1.77 bits per heavy atom. The van der Waals surface area contributed by atoms with Gasteiger partial charge in [0.05, 0.1) is 34.8 Å². The number of piperazine rings is 1. The molecule has 0 atom stereocenters. The summed E-state index contributed by atoms with van der Waals surface area (Å²) in [5.41, 5.74) is 0.756. The van der Waals surface area contributed by atoms with Crippen LogP contribution in [0.3, 0.4) is 0 Å². The van der Waals surface area contributed by atoms with Crippen molar-refractivity contribution in [1.29, 1.82) is 0 Å². The molecule has 1 N–H and O–H groups in total. The first-order valence-electron chi connectivity index (χ1n) is 13.3. The molecule has 3 fully saturated rings. The summed E-state index contributed by atoms with van der Waals surface area (Å²) in [6.07, 6.45) is 3.09. The van der Waals surface area contributed by atoms with Crippen LogP contribution in [0.2, 0.25) is 15.1 Å². The number of hydrogen-bond acceptors (Lipinski definition) is 6. The summed E-state index contributed by atoms with van der Waals surface area (Å²) in [7, 11) is 0. The number of aromatic nitrogens is 1. The number of carbonyl (C=O) groups excluding carboxylic acids is 1. The van der Waals surface area contributed by atoms with Gasteiger partial charge in [0.25, 0.3) is 5.91 Å². The van der Waals surface area contributed by atoms with Crippen LogP contribution in [-0.4, -0.2) is 67.6 Å². The normalized spacial score (nSPS) is 18.6. The van der Waals surface area contributed by atoms with Crippen molar-refractivity contribution in [3.63, 3.8) is 0 Å². The molecular formula is C28H28Cl3FN4O4. The van der Waals surface area contributed by atoms with Crippen molar-refractivity contribution in [2.75, 3.05) is 50.8 Å². The van der Waals surface area contributed by atoms with Crippen LogP contribution in [0.4, 0.5) is 10.1 Å². The minimum Gasteiger partial charge on any atom is -0.365 e. The maximum atomic E-state index is 15.6. The lowest BCUT2D eigenvalue weighted by Gasteiger charge is -2.37. The average molecular weight is 610 g/mol. The fourth-order valence-corrected chi connectivity index (χ4v) is 6.22. The maximum Gasteiger partial charge on any atom is 0.257 e. The van der Waals surface area contributed by atoms with Crippen molar-refractivity contribution in [2.24, 2.45) is 0 Å². The van der Waals surface area contributed by atoms with E-state index in [1.54, 1.807) is 24.4 Å². The predicted octanol–water partition coefficient (Wildman–Crippen LogP) is 4.86. The van der Waals surface area contributed by atoms with E-state index in [0.29, 0.717) is 67.1 Å². The molecule has 0 radical (unpaired) electrons. The third-order valence-electron chi connectivity index (χ3n) is 7.61. The van der Waals surface area contributed by atoms with E-state index in [2.05, 4.69) is 10.2 Å². The summed E-state index contributed by atoms with van der Waals surface area (Å²) < 4.78 is 28.6. The Kier molecular flexibility index (Phi) is 7.96. The number of nitrogens with one attached hydrogen (secondary N) is 1. The minimum absolute atomic E-state index is 0.0716. The average Bonchev–Trinajstić information content (AvgIpc) is 3.65. The molecule has 3 heterocycles. The van der Waals surface area contributed by atoms with Crippen LogP contribution >= 0.6 is 34.8 Å². The van der Waals surface area contributed by atoms with Crippen molar-refractivity contribution in [3.8, 4) is 0 Å². The molecule has 12 heteroatoms. The van der Waals surface area contributed by atoms with Gasteiger partial charge in [0.15, 0.2) is 6.29 Å². The van der Waals surface area contributed by atoms with E-state index in [9.17, 15) is 9.59 Å². The first-order valence-corrected chi connectivity index (χ1v) is 14.4. The summed E-state index contributed by atoms with van der Waals surface area (Å²) in [6, 6.07) is 6.27. The van der Waals surface area contributed by atoms with Crippen LogP contribution in [-0.2, 0) is 16.0 Å². The number of fused-ring (bicyclic) bond motifs is 1. The second kappa shape index (κ2) is 11.5. The molecule has 0 unspecified atom stereocenters. The fourth-order valence-electron chi connectivity index (χ4n) is 5.34. The predicted molar refractivity (Wildman–Crippen MR) is 153 cm³/mol. The molecule has 3 aromatic rings. The van der Waals surface area contributed by atoms with Gasteiger partial charge < -0.3 is 24.3 Å². The molecule has 2 saturated heterocycles. The first-order chi connectivity index (χ1) is 19.3. The lowest BCUT2D eigenvalue weighted by atomic mass is 10.1. The van der Waals surface area contributed by atoms with E-state index in [1.807, 2.05) is 9.47 Å². The van der Waals surface area contributed by atoms with E-state index in [1.165, 1.54) is 6.07 Å². The molecule has 0 spiro atoms. The number of halogens is 4. The Balaban J connectivity index is 1.28. The van der Waals surface area contributed by atoms with Crippen molar-refractivity contribution >= 4 is 57.3 Å². The summed E-state index contributed by atoms with van der Waals surface area (Å²) in [5, 5.41) is 3.92. The topological polar surface area (TPSA) is 76.0 Å². The van der Waals surface area contributed by atoms with Gasteiger partial charge in [-0.2, -0.15) is 0 Å². The lowest BCUT2D eigenvalue weighted by molar-refractivity contribution is -0.0624. The molecule has 2 aromatic carbocycles. The van der Waals surface area contributed by atoms with Crippen molar-refractivity contribution in [2.45, 2.75) is 31.7 Å². The third-order valence-corrected chi connectivity index (χ3v) is 8.55. The molecule has 212 valence electrons. The Bertz CT molecular complexity index is 1520. The number of anilines is 1. The van der Waals surface area contributed by atoms with Gasteiger partial charge in [-0.3, -0.25) is 14.5 Å². The van der Waals surface area contributed by atoms with Crippen molar-refractivity contribution in [1.82, 2.24) is 14.8 Å². The van der Waals surface area contributed by atoms with Crippen LogP contribution in [0.25, 0.3) is 10.9 Å². The van der Waals surface area contributed by atoms with Gasteiger partial charge in [-0.15, -0.1) is 0 Å². The van der Waals surface area contributed by atoms with E-state index in [0.717, 1.165) is 12.8 Å². The Labute approximate surface area is 245 Å². The summed E-state index contributed by atoms with van der Waals surface area (Å²) in [4.78, 5) is 30.8. The minimum atomic E-state index is -0.585. The van der Waals surface area contributed by atoms with E-state index < -0.39 is 17.2 Å². The van der Waals surface area contributed by atoms with Crippen LogP contribution in [0.1, 0.15) is 34.8 Å². The summed E-state index contributed by atoms with van der Waals surface area (Å²) in [5.74, 6) is -1.15. The van der Waals surface area contributed by atoms with Crippen LogP contribution in [0, 0.1) is 5.82 Å². The number of hydrogen-bond donors (Lipinski definition) is 1. The highest BCUT2D eigenvalue weighted by Gasteiger charge is 2.31. The SMILES string of the molecule is O=C(NCc1ccc(Cl)cc1Cl)c1cn(C2CC2)c2c(Cl)c(N3CCN(CC4OCCO4)CC3)c(F)cc2c1=O. The molecule has 0 bridgehead atoms. The largest absolute Gasteiger partial charge is 0.365 e. The molecule has 1 amide bonds. The molecular weight excluding hydrogens is 582 g/mol. The molecule has 6 rings (SSSR count). The molecule has 40 heavy (non-hydrogen) atoms. The zero-order chi connectivity index (χ0) is 28.0. The zero-order valence-electron chi connectivity index (χ0n) is 21.6. The van der Waals surface area contributed by atoms with Crippen molar-refractivity contribution < 1.29 is 18.7 Å². The number of pyridine rings is 1. The standard InChI is InChI=1S/C28H28Cl3FN4O4/c29-17-2-1-16(21(30)11-17)13-33-28(38)20-14-36(18-3-4-18)25-19(27(20)37)12-22(32)26(24(25)31)35-7-5-34(6-8-35)15-23-39-9-10-40-23/h1-2,11-12,14,18,23H,3-10,13,15H2,(H,33,38). The number of benzene rings is 2. The second-order valence-electron chi connectivity index (χ2n) is 10.3. The highest BCUT2D eigenvalue weighted by molar-refractivity contribution is 6.38. The monoisotopic (exact) mass is 608 g/mol. The van der Waals surface area contributed by atoms with Gasteiger partial charge in [0.2, 0.25) is 5.43 Å². The molecule has 1 aromatic heterocycles. The van der Waals surface area contributed by atoms with Gasteiger partial charge in [0, 0.05) is 61.6 Å². The zero-order valence-corrected chi connectivity index (χ0v) is 23.9. The van der Waals surface area contributed by atoms with Gasteiger partial charge in [-0.25, -0.2) is 4.39 Å². The summed E-state index contributed by atoms with van der Waals surface area (Å²) in [6.45, 7) is 4.50. The lowest BCUT2D eigenvalue weighted by Crippen LogP contribution is -2.49. The number of ether oxygens (including phenoxy) is 2. The van der Waals surface area contributed by atoms with Crippen LogP contribution in [0.5, 0.6) is 0 Å².